The van der Waals surface area contributed by atoms with Gasteiger partial charge in [-0.05, 0) is 47.9 Å². The molecule has 4 rings (SSSR count). The number of nitrogens with zero attached hydrogens (tertiary/aromatic N) is 2. The second kappa shape index (κ2) is 10.4. The summed E-state index contributed by atoms with van der Waals surface area (Å²) in [4.78, 5) is 38.0. The predicted molar refractivity (Wildman–Crippen MR) is 134 cm³/mol. The largest absolute Gasteiger partial charge is 0.493 e. The topological polar surface area (TPSA) is 106 Å². The van der Waals surface area contributed by atoms with E-state index in [0.29, 0.717) is 40.7 Å². The van der Waals surface area contributed by atoms with Gasteiger partial charge in [0.25, 0.3) is 5.91 Å². The third kappa shape index (κ3) is 5.57. The zero-order valence-corrected chi connectivity index (χ0v) is 20.6. The molecule has 2 aromatic rings. The van der Waals surface area contributed by atoms with Crippen LogP contribution in [0.2, 0.25) is 0 Å². The lowest BCUT2D eigenvalue weighted by atomic mass is 10.1. The van der Waals surface area contributed by atoms with Crippen molar-refractivity contribution >= 4 is 52.3 Å². The molecule has 1 unspecified atom stereocenters. The lowest BCUT2D eigenvalue weighted by Crippen LogP contribution is -2.33. The summed E-state index contributed by atoms with van der Waals surface area (Å²) in [6.07, 6.45) is 2.01. The number of aliphatic carboxylic acids is 1. The van der Waals surface area contributed by atoms with Gasteiger partial charge in [0.1, 0.15) is 23.2 Å². The number of amides is 2. The van der Waals surface area contributed by atoms with Gasteiger partial charge in [0.15, 0.2) is 11.5 Å². The Kier molecular flexibility index (Phi) is 7.27. The number of hydrogen-bond donors (Lipinski definition) is 1. The minimum atomic E-state index is -1.13. The van der Waals surface area contributed by atoms with Gasteiger partial charge in [-0.15, -0.1) is 0 Å². The highest BCUT2D eigenvalue weighted by Gasteiger charge is 2.33. The SMILES string of the molecule is COc1cc(/C=C2/SC(=S)N(CC(=O)O)C2=O)ccc1Oc1ccc(CC2COC(=O)N2C)cc1. The summed E-state index contributed by atoms with van der Waals surface area (Å²) in [5.74, 6) is -0.00544. The zero-order chi connectivity index (χ0) is 25.1. The van der Waals surface area contributed by atoms with Crippen LogP contribution >= 0.6 is 24.0 Å². The van der Waals surface area contributed by atoms with Crippen molar-refractivity contribution < 1.29 is 33.7 Å². The predicted octanol–water partition coefficient (Wildman–Crippen LogP) is 3.77. The minimum Gasteiger partial charge on any atom is -0.493 e. The third-order valence-corrected chi connectivity index (χ3v) is 6.89. The number of likely N-dealkylation sites (N-methyl/N-ethyl adjacent to an activating group) is 1. The van der Waals surface area contributed by atoms with Gasteiger partial charge >= 0.3 is 12.1 Å². The fourth-order valence-corrected chi connectivity index (χ4v) is 4.85. The van der Waals surface area contributed by atoms with Crippen LogP contribution in [0.25, 0.3) is 6.08 Å². The van der Waals surface area contributed by atoms with E-state index in [1.165, 1.54) is 7.11 Å². The summed E-state index contributed by atoms with van der Waals surface area (Å²) in [6, 6.07) is 12.8. The van der Waals surface area contributed by atoms with Crippen molar-refractivity contribution in [2.45, 2.75) is 12.5 Å². The molecule has 11 heteroatoms. The molecule has 2 aromatic carbocycles. The van der Waals surface area contributed by atoms with Crippen molar-refractivity contribution in [1.82, 2.24) is 9.80 Å². The smallest absolute Gasteiger partial charge is 0.409 e. The molecule has 35 heavy (non-hydrogen) atoms. The molecule has 1 N–H and O–H groups in total. The fraction of sp³-hybridized carbons (Fsp3) is 0.250. The van der Waals surface area contributed by atoms with E-state index in [0.717, 1.165) is 22.2 Å². The normalized spacial score (nSPS) is 18.9. The van der Waals surface area contributed by atoms with Crippen LogP contribution in [0.3, 0.4) is 0 Å². The number of thioether (sulfide) groups is 1. The third-order valence-electron chi connectivity index (χ3n) is 5.51. The van der Waals surface area contributed by atoms with E-state index in [9.17, 15) is 14.4 Å². The Morgan fingerprint density at radius 3 is 2.60 bits per heavy atom. The van der Waals surface area contributed by atoms with Gasteiger partial charge < -0.3 is 24.2 Å². The molecule has 2 aliphatic heterocycles. The van der Waals surface area contributed by atoms with E-state index in [1.54, 1.807) is 36.2 Å². The van der Waals surface area contributed by atoms with Crippen molar-refractivity contribution in [2.75, 3.05) is 27.3 Å². The Morgan fingerprint density at radius 1 is 1.23 bits per heavy atom. The van der Waals surface area contributed by atoms with Crippen LogP contribution in [0.5, 0.6) is 17.2 Å². The number of carbonyl (C=O) groups excluding carboxylic acids is 2. The van der Waals surface area contributed by atoms with Crippen molar-refractivity contribution in [3.05, 3.63) is 58.5 Å². The van der Waals surface area contributed by atoms with Crippen molar-refractivity contribution in [1.29, 1.82) is 0 Å². The number of benzene rings is 2. The van der Waals surface area contributed by atoms with Gasteiger partial charge in [-0.1, -0.05) is 42.2 Å². The Hall–Kier alpha value is -3.57. The van der Waals surface area contributed by atoms with Crippen molar-refractivity contribution in [3.63, 3.8) is 0 Å². The number of methoxy groups -OCH3 is 1. The Labute approximate surface area is 211 Å². The highest BCUT2D eigenvalue weighted by atomic mass is 32.2. The van der Waals surface area contributed by atoms with Crippen LogP contribution in [0, 0.1) is 0 Å². The molecule has 182 valence electrons. The standard InChI is InChI=1S/C24H22N2O7S2/c1-25-16(13-32-23(25)30)9-14-3-6-17(7-4-14)33-18-8-5-15(10-19(18)31-2)11-20-22(29)26(12-21(27)28)24(34)35-20/h3-8,10-11,16H,9,12-13H2,1-2H3,(H,27,28)/b20-11+. The van der Waals surface area contributed by atoms with Crippen molar-refractivity contribution in [3.8, 4) is 17.2 Å². The molecular formula is C24H22N2O7S2. The Bertz CT molecular complexity index is 1210. The first-order valence-corrected chi connectivity index (χ1v) is 11.8. The van der Waals surface area contributed by atoms with E-state index in [4.69, 9.17) is 31.5 Å². The molecule has 9 nitrogen and oxygen atoms in total. The maximum absolute atomic E-state index is 12.5. The molecule has 0 aliphatic carbocycles. The molecule has 0 bridgehead atoms. The van der Waals surface area contributed by atoms with E-state index in [2.05, 4.69) is 0 Å². The number of hydrogen-bond acceptors (Lipinski definition) is 8. The first-order valence-electron chi connectivity index (χ1n) is 10.6. The van der Waals surface area contributed by atoms with E-state index in [1.807, 2.05) is 24.3 Å². The summed E-state index contributed by atoms with van der Waals surface area (Å²) in [7, 11) is 3.24. The molecule has 1 atom stereocenters. The van der Waals surface area contributed by atoms with Gasteiger partial charge in [0, 0.05) is 7.05 Å². The number of thiocarbonyl (C=S) groups is 1. The lowest BCUT2D eigenvalue weighted by molar-refractivity contribution is -0.140. The summed E-state index contributed by atoms with van der Waals surface area (Å²) in [6.45, 7) is -0.0963. The van der Waals surface area contributed by atoms with Gasteiger partial charge in [-0.25, -0.2) is 4.79 Å². The molecule has 2 amide bonds. The number of rotatable bonds is 8. The summed E-state index contributed by atoms with van der Waals surface area (Å²) in [5, 5.41) is 8.97. The molecule has 2 aliphatic rings. The number of ether oxygens (including phenoxy) is 3. The summed E-state index contributed by atoms with van der Waals surface area (Å²) >= 11 is 6.18. The van der Waals surface area contributed by atoms with Gasteiger partial charge in [0.2, 0.25) is 0 Å². The molecular weight excluding hydrogens is 492 g/mol. The molecule has 0 aromatic heterocycles. The van der Waals surface area contributed by atoms with Crippen LogP contribution in [0.1, 0.15) is 11.1 Å². The second-order valence-corrected chi connectivity index (χ2v) is 9.54. The summed E-state index contributed by atoms with van der Waals surface area (Å²) < 4.78 is 16.7. The monoisotopic (exact) mass is 514 g/mol. The highest BCUT2D eigenvalue weighted by molar-refractivity contribution is 8.26. The Morgan fingerprint density at radius 2 is 1.97 bits per heavy atom. The van der Waals surface area contributed by atoms with Crippen LogP contribution in [-0.4, -0.2) is 70.5 Å². The number of carbonyl (C=O) groups is 3. The minimum absolute atomic E-state index is 0.00602. The van der Waals surface area contributed by atoms with Crippen molar-refractivity contribution in [2.24, 2.45) is 0 Å². The molecule has 0 spiro atoms. The fourth-order valence-electron chi connectivity index (χ4n) is 3.60. The average Bonchev–Trinajstić information content (AvgIpc) is 3.28. The number of carboxylic acid groups (broad SMARTS) is 1. The van der Waals surface area contributed by atoms with E-state index in [-0.39, 0.29) is 16.5 Å². The van der Waals surface area contributed by atoms with Crippen LogP contribution in [0.4, 0.5) is 4.79 Å². The van der Waals surface area contributed by atoms with Gasteiger partial charge in [0.05, 0.1) is 18.1 Å². The quantitative estimate of drug-likeness (QED) is 0.416. The molecule has 0 saturated carbocycles. The number of cyclic esters (lactones) is 1. The first-order chi connectivity index (χ1) is 16.7. The average molecular weight is 515 g/mol. The summed E-state index contributed by atoms with van der Waals surface area (Å²) in [5.41, 5.74) is 1.73. The van der Waals surface area contributed by atoms with E-state index >= 15 is 0 Å². The second-order valence-electron chi connectivity index (χ2n) is 7.86. The van der Waals surface area contributed by atoms with E-state index < -0.39 is 18.4 Å². The van der Waals surface area contributed by atoms with Crippen LogP contribution < -0.4 is 9.47 Å². The number of carboxylic acids is 1. The zero-order valence-electron chi connectivity index (χ0n) is 18.9. The van der Waals surface area contributed by atoms with Gasteiger partial charge in [-0.2, -0.15) is 0 Å². The first kappa shape index (κ1) is 24.6. The van der Waals surface area contributed by atoms with Crippen LogP contribution in [-0.2, 0) is 20.7 Å². The molecule has 2 saturated heterocycles. The Balaban J connectivity index is 1.45. The van der Waals surface area contributed by atoms with Gasteiger partial charge in [-0.3, -0.25) is 14.5 Å². The maximum atomic E-state index is 12.5. The molecule has 2 heterocycles. The maximum Gasteiger partial charge on any atom is 0.409 e. The molecule has 0 radical (unpaired) electrons. The highest BCUT2D eigenvalue weighted by Crippen LogP contribution is 2.36. The van der Waals surface area contributed by atoms with Crippen LogP contribution in [0.15, 0.2) is 47.4 Å². The molecule has 2 fully saturated rings. The lowest BCUT2D eigenvalue weighted by Gasteiger charge is -2.16.